The molecule has 1 unspecified atom stereocenters. The Kier molecular flexibility index (Phi) is 5.49. The van der Waals surface area contributed by atoms with Gasteiger partial charge in [-0.25, -0.2) is 0 Å². The lowest BCUT2D eigenvalue weighted by atomic mass is 9.97. The minimum absolute atomic E-state index is 0.284. The van der Waals surface area contributed by atoms with Gasteiger partial charge in [0.25, 0.3) is 0 Å². The summed E-state index contributed by atoms with van der Waals surface area (Å²) in [6.45, 7) is 6.19. The minimum Gasteiger partial charge on any atom is -0.396 e. The van der Waals surface area contributed by atoms with Gasteiger partial charge in [0.05, 0.1) is 0 Å². The monoisotopic (exact) mass is 282 g/mol. The van der Waals surface area contributed by atoms with E-state index in [-0.39, 0.29) is 6.61 Å². The van der Waals surface area contributed by atoms with Crippen LogP contribution >= 0.6 is 11.6 Å². The fourth-order valence-electron chi connectivity index (χ4n) is 2.70. The van der Waals surface area contributed by atoms with Gasteiger partial charge in [-0.2, -0.15) is 0 Å². The molecule has 1 heterocycles. The van der Waals surface area contributed by atoms with E-state index in [1.54, 1.807) is 0 Å². The number of rotatable bonds is 5. The van der Waals surface area contributed by atoms with Crippen LogP contribution in [0.2, 0.25) is 5.02 Å². The van der Waals surface area contributed by atoms with Gasteiger partial charge in [-0.1, -0.05) is 18.5 Å². The van der Waals surface area contributed by atoms with E-state index in [9.17, 15) is 5.11 Å². The summed E-state index contributed by atoms with van der Waals surface area (Å²) in [6, 6.07) is 6.10. The molecule has 106 valence electrons. The number of aliphatic hydroxyl groups is 1. The summed E-state index contributed by atoms with van der Waals surface area (Å²) in [5, 5.41) is 13.5. The van der Waals surface area contributed by atoms with Gasteiger partial charge in [-0.3, -0.25) is 0 Å². The number of anilines is 1. The van der Waals surface area contributed by atoms with Crippen LogP contribution in [0.1, 0.15) is 25.3 Å². The second kappa shape index (κ2) is 7.13. The molecule has 0 amide bonds. The molecule has 4 heteroatoms. The normalized spacial score (nSPS) is 19.7. The number of piperidine rings is 1. The third kappa shape index (κ3) is 3.85. The number of benzene rings is 1. The quantitative estimate of drug-likeness (QED) is 0.872. The maximum atomic E-state index is 9.35. The summed E-state index contributed by atoms with van der Waals surface area (Å²) in [4.78, 5) is 2.38. The smallest absolute Gasteiger partial charge is 0.0476 e. The van der Waals surface area contributed by atoms with Crippen molar-refractivity contribution in [1.29, 1.82) is 0 Å². The molecule has 1 aliphatic rings. The van der Waals surface area contributed by atoms with Crippen molar-refractivity contribution in [2.75, 3.05) is 31.1 Å². The highest BCUT2D eigenvalue weighted by atomic mass is 35.5. The average molecular weight is 283 g/mol. The number of hydrogen-bond donors (Lipinski definition) is 2. The van der Waals surface area contributed by atoms with E-state index in [0.29, 0.717) is 5.92 Å². The second-order valence-electron chi connectivity index (χ2n) is 5.19. The topological polar surface area (TPSA) is 35.5 Å². The van der Waals surface area contributed by atoms with Crippen LogP contribution in [-0.4, -0.2) is 31.3 Å². The standard InChI is InChI=1S/C15H23ClN2O/c1-2-17-9-13-8-14(16)5-6-15(13)18-7-3-4-12(10-18)11-19/h5-6,8,12,17,19H,2-4,7,9-11H2,1H3. The fraction of sp³-hybridized carbons (Fsp3) is 0.600. The van der Waals surface area contributed by atoms with Crippen LogP contribution in [0.5, 0.6) is 0 Å². The van der Waals surface area contributed by atoms with Crippen molar-refractivity contribution in [2.45, 2.75) is 26.3 Å². The van der Waals surface area contributed by atoms with E-state index < -0.39 is 0 Å². The maximum absolute atomic E-state index is 9.35. The first-order valence-electron chi connectivity index (χ1n) is 7.09. The second-order valence-corrected chi connectivity index (χ2v) is 5.63. The maximum Gasteiger partial charge on any atom is 0.0476 e. The largest absolute Gasteiger partial charge is 0.396 e. The number of halogens is 1. The molecule has 1 aromatic carbocycles. The number of nitrogens with one attached hydrogen (secondary N) is 1. The fourth-order valence-corrected chi connectivity index (χ4v) is 2.89. The van der Waals surface area contributed by atoms with Crippen LogP contribution in [0.15, 0.2) is 18.2 Å². The van der Waals surface area contributed by atoms with Gasteiger partial charge in [0.2, 0.25) is 0 Å². The first-order valence-corrected chi connectivity index (χ1v) is 7.47. The lowest BCUT2D eigenvalue weighted by Gasteiger charge is -2.35. The van der Waals surface area contributed by atoms with Gasteiger partial charge in [0.15, 0.2) is 0 Å². The van der Waals surface area contributed by atoms with Crippen LogP contribution in [-0.2, 0) is 6.54 Å². The van der Waals surface area contributed by atoms with E-state index in [2.05, 4.69) is 23.2 Å². The molecule has 0 aliphatic carbocycles. The predicted molar refractivity (Wildman–Crippen MR) is 80.9 cm³/mol. The minimum atomic E-state index is 0.284. The molecular weight excluding hydrogens is 260 g/mol. The highest BCUT2D eigenvalue weighted by Crippen LogP contribution is 2.28. The Balaban J connectivity index is 2.17. The van der Waals surface area contributed by atoms with E-state index in [0.717, 1.165) is 44.0 Å². The zero-order valence-corrected chi connectivity index (χ0v) is 12.3. The SMILES string of the molecule is CCNCc1cc(Cl)ccc1N1CCCC(CO)C1. The Morgan fingerprint density at radius 3 is 3.05 bits per heavy atom. The van der Waals surface area contributed by atoms with Gasteiger partial charge in [0, 0.05) is 37.0 Å². The van der Waals surface area contributed by atoms with Gasteiger partial charge < -0.3 is 15.3 Å². The first kappa shape index (κ1) is 14.6. The lowest BCUT2D eigenvalue weighted by Crippen LogP contribution is -2.37. The van der Waals surface area contributed by atoms with Crippen molar-refractivity contribution >= 4 is 17.3 Å². The zero-order valence-electron chi connectivity index (χ0n) is 11.5. The molecule has 0 saturated carbocycles. The van der Waals surface area contributed by atoms with Crippen molar-refractivity contribution in [2.24, 2.45) is 5.92 Å². The van der Waals surface area contributed by atoms with Crippen LogP contribution < -0.4 is 10.2 Å². The molecule has 2 N–H and O–H groups in total. The van der Waals surface area contributed by atoms with Crippen molar-refractivity contribution in [3.05, 3.63) is 28.8 Å². The molecule has 1 fully saturated rings. The van der Waals surface area contributed by atoms with Crippen molar-refractivity contribution in [3.63, 3.8) is 0 Å². The average Bonchev–Trinajstić information content (AvgIpc) is 2.45. The molecule has 0 spiro atoms. The summed E-state index contributed by atoms with van der Waals surface area (Å²) in [5.74, 6) is 0.399. The van der Waals surface area contributed by atoms with E-state index >= 15 is 0 Å². The summed E-state index contributed by atoms with van der Waals surface area (Å²) in [6.07, 6.45) is 2.28. The van der Waals surface area contributed by atoms with Crippen LogP contribution in [0, 0.1) is 5.92 Å². The molecular formula is C15H23ClN2O. The predicted octanol–water partition coefficient (Wildman–Crippen LogP) is 2.66. The molecule has 0 aromatic heterocycles. The molecule has 0 bridgehead atoms. The molecule has 3 nitrogen and oxygen atoms in total. The molecule has 19 heavy (non-hydrogen) atoms. The van der Waals surface area contributed by atoms with Gasteiger partial charge >= 0.3 is 0 Å². The summed E-state index contributed by atoms with van der Waals surface area (Å²) < 4.78 is 0. The van der Waals surface area contributed by atoms with Crippen molar-refractivity contribution in [3.8, 4) is 0 Å². The molecule has 0 radical (unpaired) electrons. The lowest BCUT2D eigenvalue weighted by molar-refractivity contribution is 0.208. The van der Waals surface area contributed by atoms with Crippen molar-refractivity contribution < 1.29 is 5.11 Å². The Bertz CT molecular complexity index is 411. The highest BCUT2D eigenvalue weighted by molar-refractivity contribution is 6.30. The Morgan fingerprint density at radius 1 is 1.47 bits per heavy atom. The van der Waals surface area contributed by atoms with Gasteiger partial charge in [0.1, 0.15) is 0 Å². The Morgan fingerprint density at radius 2 is 2.32 bits per heavy atom. The first-order chi connectivity index (χ1) is 9.24. The number of nitrogens with zero attached hydrogens (tertiary/aromatic N) is 1. The number of aliphatic hydroxyl groups excluding tert-OH is 1. The van der Waals surface area contributed by atoms with E-state index in [1.165, 1.54) is 11.3 Å². The third-order valence-electron chi connectivity index (χ3n) is 3.72. The summed E-state index contributed by atoms with van der Waals surface area (Å²) in [7, 11) is 0. The molecule has 1 aromatic rings. The van der Waals surface area contributed by atoms with Crippen LogP contribution in [0.25, 0.3) is 0 Å². The van der Waals surface area contributed by atoms with E-state index in [1.807, 2.05) is 12.1 Å². The highest BCUT2D eigenvalue weighted by Gasteiger charge is 2.21. The number of hydrogen-bond acceptors (Lipinski definition) is 3. The Labute approximate surface area is 120 Å². The molecule has 1 saturated heterocycles. The van der Waals surface area contributed by atoms with Crippen molar-refractivity contribution in [1.82, 2.24) is 5.32 Å². The van der Waals surface area contributed by atoms with Gasteiger partial charge in [-0.05, 0) is 49.1 Å². The van der Waals surface area contributed by atoms with Gasteiger partial charge in [-0.15, -0.1) is 0 Å². The zero-order chi connectivity index (χ0) is 13.7. The third-order valence-corrected chi connectivity index (χ3v) is 3.96. The molecule has 1 atom stereocenters. The summed E-state index contributed by atoms with van der Waals surface area (Å²) >= 11 is 6.10. The van der Waals surface area contributed by atoms with E-state index in [4.69, 9.17) is 11.6 Å². The molecule has 2 rings (SSSR count). The van der Waals surface area contributed by atoms with Crippen LogP contribution in [0.3, 0.4) is 0 Å². The Hall–Kier alpha value is -0.770. The van der Waals surface area contributed by atoms with Crippen LogP contribution in [0.4, 0.5) is 5.69 Å². The summed E-state index contributed by atoms with van der Waals surface area (Å²) in [5.41, 5.74) is 2.50. The molecule has 1 aliphatic heterocycles.